The van der Waals surface area contributed by atoms with E-state index in [1.54, 1.807) is 7.11 Å². The highest BCUT2D eigenvalue weighted by atomic mass is 16.5. The van der Waals surface area contributed by atoms with Gasteiger partial charge in [0.25, 0.3) is 0 Å². The molecule has 0 spiro atoms. The molecule has 3 rings (SSSR count). The van der Waals surface area contributed by atoms with E-state index in [4.69, 9.17) is 4.74 Å². The van der Waals surface area contributed by atoms with E-state index in [0.29, 0.717) is 6.42 Å². The van der Waals surface area contributed by atoms with Gasteiger partial charge in [-0.25, -0.2) is 0 Å². The van der Waals surface area contributed by atoms with Crippen LogP contribution in [-0.2, 0) is 4.79 Å². The molecular weight excluding hydrogens is 324 g/mol. The Labute approximate surface area is 156 Å². The molecule has 0 bridgehead atoms. The summed E-state index contributed by atoms with van der Waals surface area (Å²) in [5.74, 6) is 0.943. The lowest BCUT2D eigenvalue weighted by Gasteiger charge is -2.13. The summed E-state index contributed by atoms with van der Waals surface area (Å²) in [5, 5.41) is 2.99. The minimum absolute atomic E-state index is 0.0939. The molecule has 1 amide bonds. The summed E-state index contributed by atoms with van der Waals surface area (Å²) in [7, 11) is 1.68. The van der Waals surface area contributed by atoms with Gasteiger partial charge in [0.05, 0.1) is 7.11 Å². The van der Waals surface area contributed by atoms with Crippen molar-refractivity contribution in [1.29, 1.82) is 0 Å². The fourth-order valence-corrected chi connectivity index (χ4v) is 3.47. The fourth-order valence-electron chi connectivity index (χ4n) is 3.47. The molecule has 1 saturated heterocycles. The van der Waals surface area contributed by atoms with Gasteiger partial charge in [-0.2, -0.15) is 0 Å². The molecule has 1 heterocycles. The Morgan fingerprint density at radius 1 is 1.04 bits per heavy atom. The molecule has 4 nitrogen and oxygen atoms in total. The van der Waals surface area contributed by atoms with Crippen LogP contribution in [-0.4, -0.2) is 37.6 Å². The predicted octanol–water partition coefficient (Wildman–Crippen LogP) is 4.57. The van der Waals surface area contributed by atoms with Crippen LogP contribution in [0.1, 0.15) is 32.1 Å². The number of ether oxygens (including phenoxy) is 1. The number of hydrogen-bond acceptors (Lipinski definition) is 3. The van der Waals surface area contributed by atoms with Gasteiger partial charge in [-0.1, -0.05) is 30.3 Å². The van der Waals surface area contributed by atoms with E-state index in [-0.39, 0.29) is 5.91 Å². The monoisotopic (exact) mass is 352 g/mol. The maximum atomic E-state index is 12.1. The van der Waals surface area contributed by atoms with E-state index in [2.05, 4.69) is 10.2 Å². The molecule has 1 fully saturated rings. The van der Waals surface area contributed by atoms with Crippen molar-refractivity contribution in [3.63, 3.8) is 0 Å². The first-order chi connectivity index (χ1) is 12.8. The topological polar surface area (TPSA) is 41.6 Å². The highest BCUT2D eigenvalue weighted by molar-refractivity contribution is 5.91. The summed E-state index contributed by atoms with van der Waals surface area (Å²) in [6, 6.07) is 15.9. The van der Waals surface area contributed by atoms with Gasteiger partial charge < -0.3 is 15.0 Å². The van der Waals surface area contributed by atoms with Crippen molar-refractivity contribution in [3.8, 4) is 16.9 Å². The van der Waals surface area contributed by atoms with Crippen molar-refractivity contribution in [2.24, 2.45) is 0 Å². The summed E-state index contributed by atoms with van der Waals surface area (Å²) < 4.78 is 5.41. The molecule has 0 unspecified atom stereocenters. The Morgan fingerprint density at radius 2 is 1.77 bits per heavy atom. The Bertz CT molecular complexity index is 706. The van der Waals surface area contributed by atoms with Crippen LogP contribution < -0.4 is 10.1 Å². The minimum atomic E-state index is 0.0939. The van der Waals surface area contributed by atoms with Crippen molar-refractivity contribution >= 4 is 11.6 Å². The van der Waals surface area contributed by atoms with Crippen molar-refractivity contribution in [1.82, 2.24) is 4.90 Å². The molecule has 0 aliphatic carbocycles. The van der Waals surface area contributed by atoms with Gasteiger partial charge in [-0.05, 0) is 69.1 Å². The van der Waals surface area contributed by atoms with Crippen LogP contribution in [0, 0.1) is 0 Å². The number of carbonyl (C=O) groups excluding carboxylic acids is 1. The Morgan fingerprint density at radius 3 is 2.50 bits per heavy atom. The molecule has 2 aromatic rings. The molecule has 0 radical (unpaired) electrons. The van der Waals surface area contributed by atoms with Crippen LogP contribution in [0.4, 0.5) is 5.69 Å². The molecule has 138 valence electrons. The zero-order chi connectivity index (χ0) is 18.2. The molecule has 2 aromatic carbocycles. The standard InChI is InChI=1S/C22H28N2O2/c1-26-21-9-3-2-8-20(21)18-11-13-19(14-12-18)23-22(25)10-4-5-15-24-16-6-7-17-24/h2-3,8-9,11-14H,4-7,10,15-17H2,1H3,(H,23,25). The number of para-hydroxylation sites is 1. The van der Waals surface area contributed by atoms with Crippen LogP contribution in [0.15, 0.2) is 48.5 Å². The maximum absolute atomic E-state index is 12.1. The number of rotatable bonds is 8. The summed E-state index contributed by atoms with van der Waals surface area (Å²) in [6.07, 6.45) is 5.28. The van der Waals surface area contributed by atoms with Gasteiger partial charge in [-0.3, -0.25) is 4.79 Å². The van der Waals surface area contributed by atoms with E-state index < -0.39 is 0 Å². The smallest absolute Gasteiger partial charge is 0.224 e. The third kappa shape index (κ3) is 5.09. The normalized spacial score (nSPS) is 14.3. The van der Waals surface area contributed by atoms with Gasteiger partial charge in [0.2, 0.25) is 5.91 Å². The first-order valence-corrected chi connectivity index (χ1v) is 9.52. The Hall–Kier alpha value is -2.33. The van der Waals surface area contributed by atoms with Gasteiger partial charge >= 0.3 is 0 Å². The van der Waals surface area contributed by atoms with Gasteiger partial charge in [0.15, 0.2) is 0 Å². The second-order valence-electron chi connectivity index (χ2n) is 6.83. The molecule has 0 aromatic heterocycles. The zero-order valence-electron chi connectivity index (χ0n) is 15.5. The molecule has 26 heavy (non-hydrogen) atoms. The Kier molecular flexibility index (Phi) is 6.67. The average molecular weight is 352 g/mol. The van der Waals surface area contributed by atoms with Crippen LogP contribution >= 0.6 is 0 Å². The van der Waals surface area contributed by atoms with Gasteiger partial charge in [-0.15, -0.1) is 0 Å². The van der Waals surface area contributed by atoms with E-state index in [1.807, 2.05) is 48.5 Å². The summed E-state index contributed by atoms with van der Waals surface area (Å²) in [5.41, 5.74) is 2.97. The Balaban J connectivity index is 1.46. The maximum Gasteiger partial charge on any atom is 0.224 e. The number of hydrogen-bond donors (Lipinski definition) is 1. The van der Waals surface area contributed by atoms with E-state index >= 15 is 0 Å². The third-order valence-corrected chi connectivity index (χ3v) is 4.91. The molecule has 1 N–H and O–H groups in total. The summed E-state index contributed by atoms with van der Waals surface area (Å²) in [6.45, 7) is 3.58. The first kappa shape index (κ1) is 18.5. The highest BCUT2D eigenvalue weighted by Crippen LogP contribution is 2.30. The first-order valence-electron chi connectivity index (χ1n) is 9.52. The number of benzene rings is 2. The molecule has 4 heteroatoms. The number of amides is 1. The largest absolute Gasteiger partial charge is 0.496 e. The number of unbranched alkanes of at least 4 members (excludes halogenated alkanes) is 1. The number of nitrogens with zero attached hydrogens (tertiary/aromatic N) is 1. The molecule has 1 aliphatic rings. The molecule has 0 saturated carbocycles. The zero-order valence-corrected chi connectivity index (χ0v) is 15.5. The van der Waals surface area contributed by atoms with Crippen LogP contribution in [0.5, 0.6) is 5.75 Å². The lowest BCUT2D eigenvalue weighted by molar-refractivity contribution is -0.116. The highest BCUT2D eigenvalue weighted by Gasteiger charge is 2.11. The van der Waals surface area contributed by atoms with Gasteiger partial charge in [0, 0.05) is 17.7 Å². The third-order valence-electron chi connectivity index (χ3n) is 4.91. The average Bonchev–Trinajstić information content (AvgIpc) is 3.19. The van der Waals surface area contributed by atoms with Crippen molar-refractivity contribution < 1.29 is 9.53 Å². The van der Waals surface area contributed by atoms with E-state index in [0.717, 1.165) is 42.0 Å². The number of methoxy groups -OCH3 is 1. The van der Waals surface area contributed by atoms with E-state index in [9.17, 15) is 4.79 Å². The molecule has 1 aliphatic heterocycles. The minimum Gasteiger partial charge on any atom is -0.496 e. The predicted molar refractivity (Wildman–Crippen MR) is 107 cm³/mol. The molecular formula is C22H28N2O2. The van der Waals surface area contributed by atoms with Crippen molar-refractivity contribution in [2.45, 2.75) is 32.1 Å². The van der Waals surface area contributed by atoms with Crippen molar-refractivity contribution in [3.05, 3.63) is 48.5 Å². The van der Waals surface area contributed by atoms with Crippen molar-refractivity contribution in [2.75, 3.05) is 32.1 Å². The summed E-state index contributed by atoms with van der Waals surface area (Å²) >= 11 is 0. The van der Waals surface area contributed by atoms with Gasteiger partial charge in [0.1, 0.15) is 5.75 Å². The SMILES string of the molecule is COc1ccccc1-c1ccc(NC(=O)CCCCN2CCCC2)cc1. The lowest BCUT2D eigenvalue weighted by atomic mass is 10.0. The van der Waals surface area contributed by atoms with Crippen LogP contribution in [0.3, 0.4) is 0 Å². The lowest BCUT2D eigenvalue weighted by Crippen LogP contribution is -2.20. The fraction of sp³-hybridized carbons (Fsp3) is 0.409. The number of likely N-dealkylation sites (tertiary alicyclic amines) is 1. The second-order valence-corrected chi connectivity index (χ2v) is 6.83. The second kappa shape index (κ2) is 9.39. The van der Waals surface area contributed by atoms with E-state index in [1.165, 1.54) is 25.9 Å². The quantitative estimate of drug-likeness (QED) is 0.708. The van der Waals surface area contributed by atoms with Crippen LogP contribution in [0.2, 0.25) is 0 Å². The number of anilines is 1. The van der Waals surface area contributed by atoms with Crippen LogP contribution in [0.25, 0.3) is 11.1 Å². The number of nitrogens with one attached hydrogen (secondary N) is 1. The summed E-state index contributed by atoms with van der Waals surface area (Å²) in [4.78, 5) is 14.6. The molecule has 0 atom stereocenters. The number of carbonyl (C=O) groups is 1.